The third-order valence-electron chi connectivity index (χ3n) is 8.09. The van der Waals surface area contributed by atoms with E-state index in [2.05, 4.69) is 132 Å². The van der Waals surface area contributed by atoms with E-state index in [0.717, 1.165) is 38.4 Å². The van der Waals surface area contributed by atoms with Crippen molar-refractivity contribution in [2.45, 2.75) is 6.54 Å². The molecule has 6 heteroatoms. The topological polar surface area (TPSA) is 24.1 Å². The number of halogens is 2. The van der Waals surface area contributed by atoms with Crippen LogP contribution in [0.1, 0.15) is 5.56 Å². The first kappa shape index (κ1) is 29.7. The smallest absolute Gasteiger partial charge is 0.171 e. The Bertz CT molecular complexity index is 2130. The van der Waals surface area contributed by atoms with Crippen LogP contribution < -0.4 is 26.5 Å². The highest BCUT2D eigenvalue weighted by molar-refractivity contribution is 7.80. The number of hydrogen-bond acceptors (Lipinski definition) is 1. The van der Waals surface area contributed by atoms with E-state index in [1.54, 1.807) is 0 Å². The van der Waals surface area contributed by atoms with Crippen LogP contribution in [0.2, 0.25) is 0 Å². The van der Waals surface area contributed by atoms with E-state index in [1.807, 2.05) is 12.1 Å². The third kappa shape index (κ3) is 5.88. The maximum Gasteiger partial charge on any atom is 0.171 e. The van der Waals surface area contributed by atoms with E-state index >= 15 is 0 Å². The normalized spacial score (nSPS) is 11.2. The molecule has 7 aromatic rings. The lowest BCUT2D eigenvalue weighted by molar-refractivity contribution is 0.551. The van der Waals surface area contributed by atoms with Crippen molar-refractivity contribution in [3.05, 3.63) is 169 Å². The van der Waals surface area contributed by atoms with Gasteiger partial charge in [-0.2, -0.15) is 0 Å². The molecule has 0 atom stereocenters. The van der Waals surface area contributed by atoms with Gasteiger partial charge in [0.25, 0.3) is 0 Å². The molecule has 7 rings (SSSR count). The predicted molar refractivity (Wildman–Crippen MR) is 195 cm³/mol. The second kappa shape index (κ2) is 13.2. The average molecular weight is 639 g/mol. The molecule has 2 N–H and O–H groups in total. The molecular weight excluding hydrogens is 609 g/mol. The summed E-state index contributed by atoms with van der Waals surface area (Å²) in [5.74, 6) is -1.23. The molecular formula is C40H29F2N2PS. The fraction of sp³-hybridized carbons (Fsp3) is 0.0250. The van der Waals surface area contributed by atoms with E-state index in [9.17, 15) is 8.78 Å². The first-order chi connectivity index (χ1) is 22.6. The summed E-state index contributed by atoms with van der Waals surface area (Å²) in [4.78, 5) is 0. The molecule has 7 aromatic carbocycles. The fourth-order valence-electron chi connectivity index (χ4n) is 5.97. The van der Waals surface area contributed by atoms with Crippen LogP contribution in [0.5, 0.6) is 0 Å². The lowest BCUT2D eigenvalue weighted by atomic mass is 9.92. The number of rotatable bonds is 7. The number of benzene rings is 7. The van der Waals surface area contributed by atoms with Crippen LogP contribution in [0.25, 0.3) is 32.7 Å². The largest absolute Gasteiger partial charge is 0.358 e. The van der Waals surface area contributed by atoms with Gasteiger partial charge in [-0.1, -0.05) is 133 Å². The molecule has 2 nitrogen and oxygen atoms in total. The molecule has 0 aliphatic rings. The Morgan fingerprint density at radius 3 is 1.67 bits per heavy atom. The Morgan fingerprint density at radius 2 is 1.07 bits per heavy atom. The molecule has 0 aliphatic heterocycles. The Hall–Kier alpha value is -4.96. The van der Waals surface area contributed by atoms with Gasteiger partial charge in [0, 0.05) is 28.9 Å². The van der Waals surface area contributed by atoms with E-state index < -0.39 is 19.6 Å². The number of fused-ring (bicyclic) bond motifs is 2. The molecule has 0 spiro atoms. The van der Waals surface area contributed by atoms with Gasteiger partial charge < -0.3 is 10.6 Å². The Morgan fingerprint density at radius 1 is 0.543 bits per heavy atom. The molecule has 0 saturated heterocycles. The quantitative estimate of drug-likeness (QED) is 0.135. The molecule has 0 saturated carbocycles. The zero-order chi connectivity index (χ0) is 31.5. The number of anilines is 1. The molecule has 0 fully saturated rings. The summed E-state index contributed by atoms with van der Waals surface area (Å²) in [6.07, 6.45) is 0. The summed E-state index contributed by atoms with van der Waals surface area (Å²) < 4.78 is 28.8. The molecule has 0 aliphatic carbocycles. The average Bonchev–Trinajstić information content (AvgIpc) is 3.09. The molecule has 46 heavy (non-hydrogen) atoms. The van der Waals surface area contributed by atoms with Crippen molar-refractivity contribution in [1.82, 2.24) is 5.32 Å². The fourth-order valence-corrected chi connectivity index (χ4v) is 8.63. The second-order valence-corrected chi connectivity index (χ2v) is 13.5. The van der Waals surface area contributed by atoms with Crippen LogP contribution in [0.3, 0.4) is 0 Å². The molecule has 0 aromatic heterocycles. The lowest BCUT2D eigenvalue weighted by Gasteiger charge is -2.26. The Balaban J connectivity index is 1.43. The van der Waals surface area contributed by atoms with E-state index in [0.29, 0.717) is 0 Å². The predicted octanol–water partition coefficient (Wildman–Crippen LogP) is 9.18. The van der Waals surface area contributed by atoms with Gasteiger partial charge in [0.1, 0.15) is 11.6 Å². The number of hydrogen-bond donors (Lipinski definition) is 2. The molecule has 0 unspecified atom stereocenters. The van der Waals surface area contributed by atoms with Crippen LogP contribution in [0.15, 0.2) is 152 Å². The maximum atomic E-state index is 14.4. The number of nitrogens with one attached hydrogen (secondary N) is 2. The van der Waals surface area contributed by atoms with Gasteiger partial charge in [0.05, 0.1) is 0 Å². The van der Waals surface area contributed by atoms with Crippen LogP contribution >= 0.6 is 20.1 Å². The van der Waals surface area contributed by atoms with Crippen molar-refractivity contribution < 1.29 is 8.78 Å². The van der Waals surface area contributed by atoms with Gasteiger partial charge in [0.15, 0.2) is 5.11 Å². The Labute approximate surface area is 273 Å². The monoisotopic (exact) mass is 638 g/mol. The van der Waals surface area contributed by atoms with Crippen molar-refractivity contribution >= 4 is 68.4 Å². The summed E-state index contributed by atoms with van der Waals surface area (Å²) in [7, 11) is -0.956. The molecule has 0 heterocycles. The van der Waals surface area contributed by atoms with Gasteiger partial charge in [-0.25, -0.2) is 8.78 Å². The minimum Gasteiger partial charge on any atom is -0.358 e. The van der Waals surface area contributed by atoms with Gasteiger partial charge in [-0.15, -0.1) is 0 Å². The lowest BCUT2D eigenvalue weighted by Crippen LogP contribution is -2.29. The second-order valence-electron chi connectivity index (χ2n) is 10.9. The minimum absolute atomic E-state index is 0.0573. The van der Waals surface area contributed by atoms with E-state index in [4.69, 9.17) is 12.2 Å². The van der Waals surface area contributed by atoms with Crippen molar-refractivity contribution in [3.63, 3.8) is 0 Å². The Kier molecular flexibility index (Phi) is 8.52. The highest BCUT2D eigenvalue weighted by Crippen LogP contribution is 2.44. The molecule has 224 valence electrons. The highest BCUT2D eigenvalue weighted by Gasteiger charge is 2.25. The summed E-state index contributed by atoms with van der Waals surface area (Å²) in [5, 5.41) is 14.9. The molecule has 0 bridgehead atoms. The van der Waals surface area contributed by atoms with Crippen molar-refractivity contribution in [2.24, 2.45) is 0 Å². The van der Waals surface area contributed by atoms with Crippen molar-refractivity contribution in [3.8, 4) is 11.1 Å². The van der Waals surface area contributed by atoms with Gasteiger partial charge in [0.2, 0.25) is 0 Å². The van der Waals surface area contributed by atoms with Gasteiger partial charge in [-0.05, 0) is 75.8 Å². The van der Waals surface area contributed by atoms with Crippen LogP contribution in [-0.2, 0) is 6.54 Å². The summed E-state index contributed by atoms with van der Waals surface area (Å²) in [5.41, 5.74) is 2.89. The van der Waals surface area contributed by atoms with E-state index in [1.165, 1.54) is 34.1 Å². The first-order valence-corrected chi connectivity index (χ1v) is 16.8. The summed E-state index contributed by atoms with van der Waals surface area (Å²) in [6.45, 7) is -0.0832. The number of thiocarbonyl (C=S) groups is 1. The molecule has 0 radical (unpaired) electrons. The third-order valence-corrected chi connectivity index (χ3v) is 10.8. The van der Waals surface area contributed by atoms with E-state index in [-0.39, 0.29) is 17.2 Å². The zero-order valence-corrected chi connectivity index (χ0v) is 26.5. The first-order valence-electron chi connectivity index (χ1n) is 15.0. The van der Waals surface area contributed by atoms with Crippen molar-refractivity contribution in [1.29, 1.82) is 0 Å². The molecule has 0 amide bonds. The van der Waals surface area contributed by atoms with Crippen LogP contribution in [0, 0.1) is 11.6 Å². The summed E-state index contributed by atoms with van der Waals surface area (Å²) in [6, 6.07) is 50.6. The SMILES string of the molecule is Fc1cccc(F)c1CNC(=S)Nc1ccc2ccccc2c1-c1c(P(c2ccccc2)c2ccccc2)ccc2ccccc12. The highest BCUT2D eigenvalue weighted by atomic mass is 32.1. The minimum atomic E-state index is -0.956. The standard InChI is InChI=1S/C40H29F2N2PS/c41-34-20-11-21-35(42)33(34)26-43-40(46)44-36-24-22-27-12-7-9-18-31(27)38(36)39-32-19-10-8-13-28(32)23-25-37(39)45(29-14-3-1-4-15-29)30-16-5-2-6-17-30/h1-25H,26H2,(H2,43,44,46). The van der Waals surface area contributed by atoms with Crippen LogP contribution in [0.4, 0.5) is 14.5 Å². The van der Waals surface area contributed by atoms with Gasteiger partial charge >= 0.3 is 0 Å². The van der Waals surface area contributed by atoms with Crippen LogP contribution in [-0.4, -0.2) is 5.11 Å². The van der Waals surface area contributed by atoms with Crippen molar-refractivity contribution in [2.75, 3.05) is 5.32 Å². The summed E-state index contributed by atoms with van der Waals surface area (Å²) >= 11 is 5.72. The van der Waals surface area contributed by atoms with Gasteiger partial charge in [-0.3, -0.25) is 0 Å². The maximum absolute atomic E-state index is 14.4. The zero-order valence-electron chi connectivity index (χ0n) is 24.8.